The molecular formula is C18H24N4O+2. The van der Waals surface area contributed by atoms with E-state index in [0.29, 0.717) is 5.56 Å². The molecular weight excluding hydrogens is 288 g/mol. The number of aromatic amines is 1. The van der Waals surface area contributed by atoms with Gasteiger partial charge in [0.15, 0.2) is 0 Å². The van der Waals surface area contributed by atoms with Crippen molar-refractivity contribution in [3.8, 4) is 23.1 Å². The Morgan fingerprint density at radius 2 is 1.91 bits per heavy atom. The molecule has 2 rings (SSSR count). The summed E-state index contributed by atoms with van der Waals surface area (Å²) in [7, 11) is 5.93. The number of nitriles is 1. The third-order valence-corrected chi connectivity index (χ3v) is 3.62. The molecule has 0 fully saturated rings. The summed E-state index contributed by atoms with van der Waals surface area (Å²) < 4.78 is 5.18. The first-order chi connectivity index (χ1) is 11.1. The van der Waals surface area contributed by atoms with Crippen LogP contribution in [0, 0.1) is 11.3 Å². The molecule has 1 aromatic carbocycles. The van der Waals surface area contributed by atoms with Gasteiger partial charge in [-0.15, -0.1) is 0 Å². The highest BCUT2D eigenvalue weighted by atomic mass is 16.5. The molecule has 0 saturated carbocycles. The molecule has 0 radical (unpaired) electrons. The van der Waals surface area contributed by atoms with Crippen molar-refractivity contribution in [2.45, 2.75) is 6.42 Å². The number of benzene rings is 1. The number of H-pyrrole nitrogens is 1. The van der Waals surface area contributed by atoms with Crippen molar-refractivity contribution in [3.63, 3.8) is 0 Å². The summed E-state index contributed by atoms with van der Waals surface area (Å²) >= 11 is 0. The van der Waals surface area contributed by atoms with Crippen LogP contribution in [0.25, 0.3) is 11.3 Å². The Bertz CT molecular complexity index is 674. The Balaban J connectivity index is 2.15. The highest BCUT2D eigenvalue weighted by Gasteiger charge is 2.12. The molecule has 0 atom stereocenters. The van der Waals surface area contributed by atoms with Gasteiger partial charge in [0.05, 0.1) is 34.3 Å². The van der Waals surface area contributed by atoms with Gasteiger partial charge in [-0.2, -0.15) is 5.26 Å². The van der Waals surface area contributed by atoms with E-state index in [1.807, 2.05) is 36.4 Å². The molecule has 0 spiro atoms. The predicted octanol–water partition coefficient (Wildman–Crippen LogP) is 0.994. The first-order valence-electron chi connectivity index (χ1n) is 7.78. The molecule has 5 heteroatoms. The second kappa shape index (κ2) is 8.16. The zero-order chi connectivity index (χ0) is 16.7. The molecule has 1 heterocycles. The summed E-state index contributed by atoms with van der Waals surface area (Å²) in [6, 6.07) is 13.8. The van der Waals surface area contributed by atoms with Crippen LogP contribution in [0.4, 0.5) is 5.82 Å². The number of quaternary nitrogens is 1. The van der Waals surface area contributed by atoms with E-state index in [4.69, 9.17) is 4.74 Å². The van der Waals surface area contributed by atoms with Crippen molar-refractivity contribution in [1.82, 2.24) is 0 Å². The van der Waals surface area contributed by atoms with Crippen molar-refractivity contribution >= 4 is 5.82 Å². The summed E-state index contributed by atoms with van der Waals surface area (Å²) in [6.45, 7) is 1.93. The number of hydrogen-bond acceptors (Lipinski definition) is 3. The second-order valence-electron chi connectivity index (χ2n) is 5.74. The maximum Gasteiger partial charge on any atom is 0.290 e. The Morgan fingerprint density at radius 1 is 1.17 bits per heavy atom. The van der Waals surface area contributed by atoms with Gasteiger partial charge in [0.25, 0.3) is 5.82 Å². The SMILES string of the molecule is COc1ccc(-c2ccc(C#N)c(NCCC[NH+](C)C)[nH+]2)cc1. The van der Waals surface area contributed by atoms with E-state index in [1.165, 1.54) is 4.90 Å². The molecule has 2 aromatic rings. The minimum absolute atomic E-state index is 0.625. The predicted molar refractivity (Wildman–Crippen MR) is 90.5 cm³/mol. The zero-order valence-corrected chi connectivity index (χ0v) is 13.9. The fourth-order valence-electron chi connectivity index (χ4n) is 2.32. The van der Waals surface area contributed by atoms with Gasteiger partial charge in [0.1, 0.15) is 23.1 Å². The normalized spacial score (nSPS) is 10.4. The van der Waals surface area contributed by atoms with Crippen LogP contribution in [0.2, 0.25) is 0 Å². The molecule has 0 aliphatic heterocycles. The molecule has 0 aliphatic carbocycles. The molecule has 3 N–H and O–H groups in total. The Hall–Kier alpha value is -2.58. The lowest BCUT2D eigenvalue weighted by Gasteiger charge is -2.07. The lowest BCUT2D eigenvalue weighted by atomic mass is 10.1. The van der Waals surface area contributed by atoms with Crippen LogP contribution in [0.3, 0.4) is 0 Å². The summed E-state index contributed by atoms with van der Waals surface area (Å²) in [5.41, 5.74) is 2.64. The molecule has 23 heavy (non-hydrogen) atoms. The van der Waals surface area contributed by atoms with E-state index < -0.39 is 0 Å². The largest absolute Gasteiger partial charge is 0.497 e. The van der Waals surface area contributed by atoms with Crippen LogP contribution in [-0.2, 0) is 0 Å². The highest BCUT2D eigenvalue weighted by molar-refractivity contribution is 5.60. The van der Waals surface area contributed by atoms with Crippen molar-refractivity contribution in [3.05, 3.63) is 42.0 Å². The minimum atomic E-state index is 0.625. The number of hydrogen-bond donors (Lipinski definition) is 2. The van der Waals surface area contributed by atoms with Gasteiger partial charge < -0.3 is 9.64 Å². The van der Waals surface area contributed by atoms with E-state index >= 15 is 0 Å². The Labute approximate surface area is 137 Å². The van der Waals surface area contributed by atoms with Gasteiger partial charge in [-0.3, -0.25) is 5.32 Å². The third-order valence-electron chi connectivity index (χ3n) is 3.62. The van der Waals surface area contributed by atoms with E-state index in [0.717, 1.165) is 42.3 Å². The number of methoxy groups -OCH3 is 1. The molecule has 0 unspecified atom stereocenters. The van der Waals surface area contributed by atoms with E-state index in [1.54, 1.807) is 7.11 Å². The van der Waals surface area contributed by atoms with Gasteiger partial charge in [-0.1, -0.05) is 0 Å². The number of pyridine rings is 1. The molecule has 120 valence electrons. The van der Waals surface area contributed by atoms with Gasteiger partial charge >= 0.3 is 0 Å². The van der Waals surface area contributed by atoms with Crippen LogP contribution in [-0.4, -0.2) is 34.3 Å². The summed E-state index contributed by atoms with van der Waals surface area (Å²) in [6.07, 6.45) is 1.05. The van der Waals surface area contributed by atoms with E-state index in [-0.39, 0.29) is 0 Å². The number of anilines is 1. The number of rotatable bonds is 7. The molecule has 0 bridgehead atoms. The molecule has 5 nitrogen and oxygen atoms in total. The van der Waals surface area contributed by atoms with Crippen LogP contribution in [0.5, 0.6) is 5.75 Å². The molecule has 0 saturated heterocycles. The maximum atomic E-state index is 9.26. The second-order valence-corrected chi connectivity index (χ2v) is 5.74. The average molecular weight is 312 g/mol. The zero-order valence-electron chi connectivity index (χ0n) is 13.9. The number of nitrogens with one attached hydrogen (secondary N) is 3. The summed E-state index contributed by atoms with van der Waals surface area (Å²) in [4.78, 5) is 4.74. The first-order valence-corrected chi connectivity index (χ1v) is 7.78. The maximum absolute atomic E-state index is 9.26. The Morgan fingerprint density at radius 3 is 2.52 bits per heavy atom. The monoisotopic (exact) mass is 312 g/mol. The summed E-state index contributed by atoms with van der Waals surface area (Å²) in [5.74, 6) is 1.60. The Kier molecular flexibility index (Phi) is 5.95. The lowest BCUT2D eigenvalue weighted by Crippen LogP contribution is -3.05. The quantitative estimate of drug-likeness (QED) is 0.750. The van der Waals surface area contributed by atoms with Crippen LogP contribution in [0.1, 0.15) is 12.0 Å². The average Bonchev–Trinajstić information content (AvgIpc) is 2.58. The number of aromatic nitrogens is 1. The topological polar surface area (TPSA) is 63.6 Å². The standard InChI is InChI=1S/C18H22N4O/c1-22(2)12-4-11-20-18-15(13-19)7-10-17(21-18)14-5-8-16(23-3)9-6-14/h5-10H,4,11-12H2,1-3H3,(H,20,21)/p+2. The fourth-order valence-corrected chi connectivity index (χ4v) is 2.32. The van der Waals surface area contributed by atoms with Crippen molar-refractivity contribution in [2.75, 3.05) is 39.6 Å². The van der Waals surface area contributed by atoms with Gasteiger partial charge in [0.2, 0.25) is 0 Å². The van der Waals surface area contributed by atoms with Crippen LogP contribution in [0.15, 0.2) is 36.4 Å². The fraction of sp³-hybridized carbons (Fsp3) is 0.333. The minimum Gasteiger partial charge on any atom is -0.497 e. The van der Waals surface area contributed by atoms with E-state index in [9.17, 15) is 5.26 Å². The van der Waals surface area contributed by atoms with Gasteiger partial charge in [0, 0.05) is 12.0 Å². The van der Waals surface area contributed by atoms with Crippen LogP contribution >= 0.6 is 0 Å². The molecule has 0 amide bonds. The number of nitrogens with zero attached hydrogens (tertiary/aromatic N) is 1. The summed E-state index contributed by atoms with van der Waals surface area (Å²) in [5, 5.41) is 12.6. The highest BCUT2D eigenvalue weighted by Crippen LogP contribution is 2.20. The van der Waals surface area contributed by atoms with Crippen molar-refractivity contribution < 1.29 is 14.6 Å². The molecule has 1 aromatic heterocycles. The smallest absolute Gasteiger partial charge is 0.290 e. The first kappa shape index (κ1) is 16.8. The third kappa shape index (κ3) is 4.70. The van der Waals surface area contributed by atoms with Crippen molar-refractivity contribution in [1.29, 1.82) is 5.26 Å². The van der Waals surface area contributed by atoms with Crippen LogP contribution < -0.4 is 19.9 Å². The lowest BCUT2D eigenvalue weighted by molar-refractivity contribution is -0.858. The van der Waals surface area contributed by atoms with Crippen molar-refractivity contribution in [2.24, 2.45) is 0 Å². The van der Waals surface area contributed by atoms with Gasteiger partial charge in [-0.05, 0) is 36.4 Å². The molecule has 0 aliphatic rings. The van der Waals surface area contributed by atoms with E-state index in [2.05, 4.69) is 30.5 Å². The van der Waals surface area contributed by atoms with Gasteiger partial charge in [-0.25, -0.2) is 4.98 Å². The number of ether oxygens (including phenoxy) is 1.